The van der Waals surface area contributed by atoms with Gasteiger partial charge in [-0.1, -0.05) is 154 Å². The van der Waals surface area contributed by atoms with Crippen LogP contribution in [0.25, 0.3) is 45.0 Å². The Labute approximate surface area is 437 Å². The van der Waals surface area contributed by atoms with Crippen LogP contribution in [0.2, 0.25) is 0 Å². The van der Waals surface area contributed by atoms with Gasteiger partial charge < -0.3 is 0 Å². The van der Waals surface area contributed by atoms with Crippen LogP contribution in [0.1, 0.15) is 29.7 Å². The Balaban J connectivity index is 0.000000220. The van der Waals surface area contributed by atoms with Gasteiger partial charge in [0, 0.05) is 29.2 Å². The molecule has 23 nitrogen and oxygen atoms in total. The zero-order valence-electron chi connectivity index (χ0n) is 38.7. The molecule has 0 aliphatic carbocycles. The van der Waals surface area contributed by atoms with Gasteiger partial charge in [0.2, 0.25) is 0 Å². The Kier molecular flexibility index (Phi) is 21.8. The summed E-state index contributed by atoms with van der Waals surface area (Å²) in [7, 11) is -9.89. The predicted octanol–water partition coefficient (Wildman–Crippen LogP) is -1.59. The number of rotatable bonds is 12. The van der Waals surface area contributed by atoms with Crippen LogP contribution in [0.5, 0.6) is 0 Å². The number of pyridine rings is 2. The average Bonchev–Trinajstić information content (AvgIpc) is 4.22. The van der Waals surface area contributed by atoms with Crippen molar-refractivity contribution in [1.29, 1.82) is 5.26 Å². The quantitative estimate of drug-likeness (QED) is 0.124. The summed E-state index contributed by atoms with van der Waals surface area (Å²) in [6, 6.07) is 53.8. The van der Waals surface area contributed by atoms with E-state index in [4.69, 9.17) is 52.5 Å². The van der Waals surface area contributed by atoms with Crippen LogP contribution in [-0.4, -0.2) is 69.9 Å². The maximum atomic E-state index is 8.49. The van der Waals surface area contributed by atoms with Gasteiger partial charge in [-0.05, 0) is 24.3 Å². The molecule has 0 N–H and O–H groups in total. The minimum absolute atomic E-state index is 0. The molecule has 10 aromatic rings. The number of benzene rings is 4. The minimum atomic E-state index is -4.94. The number of nitrogens with zero attached hydrogens (tertiary/aromatic N) is 15. The summed E-state index contributed by atoms with van der Waals surface area (Å²) in [5.41, 5.74) is 11.3. The minimum Gasteiger partial charge on any atom is -0.254 e. The summed E-state index contributed by atoms with van der Waals surface area (Å²) < 4.78 is 75.2. The van der Waals surface area contributed by atoms with E-state index in [2.05, 4.69) is 41.2 Å². The third kappa shape index (κ3) is 20.3. The molecule has 4 aromatic carbocycles. The van der Waals surface area contributed by atoms with Crippen molar-refractivity contribution in [2.45, 2.75) is 33.1 Å². The van der Waals surface area contributed by atoms with Crippen LogP contribution < -0.4 is 37.3 Å². The standard InChI is InChI=1S/2C23H19N7.C2H3N.2ClHO4.Cu/c2*1-3-8-18(9-4-1)22-16-29(27-25-22)14-20-12-7-13-21(24-20)15-30-17-23(26-28-30)19-10-5-2-6-11-19;1-2-3;2*2-1(3,4)5;/h2*1-13,16-17H,14-15H2;1H3;2*(H,2,3,4,5);/q;;;;;+2/p-2. The molecule has 1 radical (unpaired) electrons. The van der Waals surface area contributed by atoms with E-state index in [1.165, 1.54) is 6.92 Å². The Morgan fingerprint density at radius 2 is 0.554 bits per heavy atom. The first kappa shape index (κ1) is 56.9. The Morgan fingerprint density at radius 3 is 0.743 bits per heavy atom. The number of aromatic nitrogens is 14. The van der Waals surface area contributed by atoms with Crippen molar-refractivity contribution < 1.29 is 74.8 Å². The van der Waals surface area contributed by atoms with Gasteiger partial charge in [-0.2, -0.15) is 5.26 Å². The fourth-order valence-electron chi connectivity index (χ4n) is 6.54. The van der Waals surface area contributed by atoms with Gasteiger partial charge in [-0.15, -0.1) is 40.9 Å². The first-order valence-electron chi connectivity index (χ1n) is 21.3. The zero-order valence-corrected chi connectivity index (χ0v) is 41.1. The summed E-state index contributed by atoms with van der Waals surface area (Å²) >= 11 is 0. The Bertz CT molecular complexity index is 2830. The average molecular weight is 1090 g/mol. The molecule has 0 fully saturated rings. The van der Waals surface area contributed by atoms with Crippen LogP contribution in [-0.2, 0) is 43.2 Å². The second kappa shape index (κ2) is 28.3. The van der Waals surface area contributed by atoms with Crippen molar-refractivity contribution in [2.75, 3.05) is 0 Å². The molecule has 0 unspecified atom stereocenters. The third-order valence-corrected chi connectivity index (χ3v) is 9.46. The predicted molar refractivity (Wildman–Crippen MR) is 238 cm³/mol. The summed E-state index contributed by atoms with van der Waals surface area (Å²) in [5, 5.41) is 41.3. The van der Waals surface area contributed by atoms with E-state index in [1.54, 1.807) is 24.8 Å². The van der Waals surface area contributed by atoms with Crippen molar-refractivity contribution in [3.8, 4) is 51.1 Å². The molecule has 0 spiro atoms. The van der Waals surface area contributed by atoms with Gasteiger partial charge in [-0.25, -0.2) is 56.0 Å². The van der Waals surface area contributed by atoms with Crippen LogP contribution >= 0.6 is 0 Å². The van der Waals surface area contributed by atoms with Crippen molar-refractivity contribution in [1.82, 2.24) is 69.9 Å². The number of hydrogen-bond donors (Lipinski definition) is 0. The van der Waals surface area contributed by atoms with Crippen LogP contribution in [0.4, 0.5) is 0 Å². The molecule has 10 rings (SSSR count). The normalized spacial score (nSPS) is 10.6. The molecule has 0 bridgehead atoms. The second-order valence-electron chi connectivity index (χ2n) is 14.9. The Morgan fingerprint density at radius 1 is 0.365 bits per heavy atom. The molecule has 0 aliphatic heterocycles. The first-order valence-corrected chi connectivity index (χ1v) is 23.8. The smallest absolute Gasteiger partial charge is 0.254 e. The summed E-state index contributed by atoms with van der Waals surface area (Å²) in [5.74, 6) is 0. The van der Waals surface area contributed by atoms with Gasteiger partial charge in [0.05, 0.1) is 79.8 Å². The molecule has 0 saturated heterocycles. The summed E-state index contributed by atoms with van der Waals surface area (Å²) in [6.45, 7) is 3.65. The monoisotopic (exact) mass is 1090 g/mol. The molecule has 74 heavy (non-hydrogen) atoms. The van der Waals surface area contributed by atoms with Crippen LogP contribution in [0.3, 0.4) is 0 Å². The SMILES string of the molecule is CC#N.[Cu+2].[O-][Cl+3]([O-])([O-])[O-].[O-][Cl+3]([O-])([O-])[O-].c1ccc(-c2cn(Cc3cccc(Cn4cc(-c5ccccc5)nn4)n3)nn2)cc1.c1ccc(-c2cn(Cc3cccc(Cn4cc(-c5ccccc5)nn4)n3)nn2)cc1. The van der Waals surface area contributed by atoms with E-state index < -0.39 is 20.5 Å². The van der Waals surface area contributed by atoms with Gasteiger partial charge in [0.1, 0.15) is 22.8 Å². The zero-order chi connectivity index (χ0) is 52.1. The van der Waals surface area contributed by atoms with Crippen LogP contribution in [0, 0.1) is 31.8 Å². The summed E-state index contributed by atoms with van der Waals surface area (Å²) in [6.07, 6.45) is 7.75. The maximum absolute atomic E-state index is 8.49. The van der Waals surface area contributed by atoms with Gasteiger partial charge in [0.15, 0.2) is 0 Å². The number of hydrogen-bond acceptors (Lipinski definition) is 19. The molecule has 0 amide bonds. The van der Waals surface area contributed by atoms with Crippen molar-refractivity contribution in [3.63, 3.8) is 0 Å². The van der Waals surface area contributed by atoms with E-state index in [0.717, 1.165) is 67.8 Å². The van der Waals surface area contributed by atoms with Crippen LogP contribution in [0.15, 0.2) is 183 Å². The molecule has 381 valence electrons. The van der Waals surface area contributed by atoms with Crippen molar-refractivity contribution >= 4 is 0 Å². The molecular formula is C48H41Cl2CuN15O8. The molecule has 6 aromatic heterocycles. The molecule has 0 atom stereocenters. The second-order valence-corrected chi connectivity index (χ2v) is 16.4. The van der Waals surface area contributed by atoms with Gasteiger partial charge in [-0.3, -0.25) is 9.97 Å². The van der Waals surface area contributed by atoms with E-state index in [0.29, 0.717) is 26.2 Å². The van der Waals surface area contributed by atoms with E-state index >= 15 is 0 Å². The van der Waals surface area contributed by atoms with Gasteiger partial charge >= 0.3 is 17.1 Å². The largest absolute Gasteiger partial charge is 2.00 e. The van der Waals surface area contributed by atoms with Crippen molar-refractivity contribution in [3.05, 3.63) is 205 Å². The first-order chi connectivity index (χ1) is 35.1. The molecule has 0 aliphatic rings. The Hall–Kier alpha value is -7.99. The fraction of sp³-hybridized carbons (Fsp3) is 0.104. The topological polar surface area (TPSA) is 357 Å². The molecular weight excluding hydrogens is 1050 g/mol. The number of nitriles is 1. The molecule has 0 saturated carbocycles. The fourth-order valence-corrected chi connectivity index (χ4v) is 6.54. The molecule has 26 heteroatoms. The van der Waals surface area contributed by atoms with E-state index in [9.17, 15) is 0 Å². The molecule has 6 heterocycles. The third-order valence-electron chi connectivity index (χ3n) is 9.46. The maximum Gasteiger partial charge on any atom is 2.00 e. The van der Waals surface area contributed by atoms with Gasteiger partial charge in [0.25, 0.3) is 0 Å². The van der Waals surface area contributed by atoms with E-state index in [1.807, 2.05) is 183 Å². The van der Waals surface area contributed by atoms with Crippen molar-refractivity contribution in [2.24, 2.45) is 0 Å². The number of halogens is 2. The van der Waals surface area contributed by atoms with E-state index in [-0.39, 0.29) is 17.1 Å². The summed E-state index contributed by atoms with van der Waals surface area (Å²) in [4.78, 5) is 9.50.